The Morgan fingerprint density at radius 2 is 1.72 bits per heavy atom. The molecule has 2 aromatic carbocycles. The van der Waals surface area contributed by atoms with E-state index in [1.165, 1.54) is 5.56 Å². The van der Waals surface area contributed by atoms with Crippen molar-refractivity contribution in [2.45, 2.75) is 25.8 Å². The summed E-state index contributed by atoms with van der Waals surface area (Å²) in [5.41, 5.74) is 2.08. The van der Waals surface area contributed by atoms with Crippen LogP contribution in [-0.2, 0) is 4.79 Å². The number of hydrogen-bond acceptors (Lipinski definition) is 3. The molecule has 2 N–H and O–H groups in total. The van der Waals surface area contributed by atoms with Gasteiger partial charge in [0.15, 0.2) is 0 Å². The topological polar surface area (TPSA) is 61.4 Å². The van der Waals surface area contributed by atoms with Crippen molar-refractivity contribution >= 4 is 11.8 Å². The van der Waals surface area contributed by atoms with E-state index in [9.17, 15) is 18.4 Å². The first-order valence-corrected chi connectivity index (χ1v) is 9.51. The van der Waals surface area contributed by atoms with Crippen LogP contribution in [0.15, 0.2) is 42.5 Å². The predicted octanol–water partition coefficient (Wildman–Crippen LogP) is 3.20. The van der Waals surface area contributed by atoms with E-state index in [1.807, 2.05) is 38.1 Å². The molecule has 1 unspecified atom stereocenters. The molecule has 2 amide bonds. The Bertz CT molecular complexity index is 838. The molecule has 0 bridgehead atoms. The van der Waals surface area contributed by atoms with E-state index in [0.29, 0.717) is 19.0 Å². The van der Waals surface area contributed by atoms with Crippen LogP contribution in [0.1, 0.15) is 40.4 Å². The molecule has 1 atom stereocenters. The number of nitrogens with one attached hydrogen (secondary N) is 2. The summed E-state index contributed by atoms with van der Waals surface area (Å²) in [4.78, 5) is 26.1. The number of hydrogen-bond donors (Lipinski definition) is 2. The Hall–Kier alpha value is -2.80. The monoisotopic (exact) mass is 403 g/mol. The van der Waals surface area contributed by atoms with Gasteiger partial charge in [-0.15, -0.1) is 0 Å². The van der Waals surface area contributed by atoms with Crippen LogP contribution in [0.5, 0.6) is 0 Å². The van der Waals surface area contributed by atoms with Crippen molar-refractivity contribution in [3.63, 3.8) is 0 Å². The highest BCUT2D eigenvalue weighted by Gasteiger charge is 2.15. The lowest BCUT2D eigenvalue weighted by Crippen LogP contribution is -2.35. The Morgan fingerprint density at radius 1 is 1.03 bits per heavy atom. The number of halogens is 2. The van der Waals surface area contributed by atoms with Crippen molar-refractivity contribution in [3.05, 3.63) is 70.8 Å². The lowest BCUT2D eigenvalue weighted by Gasteiger charge is -2.25. The third-order valence-corrected chi connectivity index (χ3v) is 4.62. The summed E-state index contributed by atoms with van der Waals surface area (Å²) in [5, 5.41) is 5.46. The van der Waals surface area contributed by atoms with Crippen LogP contribution in [0.3, 0.4) is 0 Å². The van der Waals surface area contributed by atoms with E-state index < -0.39 is 17.5 Å². The van der Waals surface area contributed by atoms with Gasteiger partial charge in [-0.2, -0.15) is 0 Å². The van der Waals surface area contributed by atoms with Gasteiger partial charge in [0.1, 0.15) is 11.6 Å². The summed E-state index contributed by atoms with van der Waals surface area (Å²) in [6.45, 7) is 2.72. The van der Waals surface area contributed by atoms with Gasteiger partial charge < -0.3 is 15.5 Å². The molecule has 0 saturated carbocycles. The number of carbonyl (C=O) groups excluding carboxylic acids is 2. The summed E-state index contributed by atoms with van der Waals surface area (Å²) in [7, 11) is 3.92. The van der Waals surface area contributed by atoms with E-state index in [0.717, 1.165) is 17.7 Å². The minimum Gasteiger partial charge on any atom is -0.354 e. The van der Waals surface area contributed by atoms with E-state index in [2.05, 4.69) is 22.8 Å². The fourth-order valence-electron chi connectivity index (χ4n) is 2.91. The largest absolute Gasteiger partial charge is 0.354 e. The molecular formula is C22H27F2N3O2. The third-order valence-electron chi connectivity index (χ3n) is 4.62. The molecule has 0 spiro atoms. The average Bonchev–Trinajstić information content (AvgIpc) is 2.66. The zero-order valence-electron chi connectivity index (χ0n) is 17.0. The zero-order valence-corrected chi connectivity index (χ0v) is 17.0. The van der Waals surface area contributed by atoms with Crippen molar-refractivity contribution in [2.24, 2.45) is 0 Å². The van der Waals surface area contributed by atoms with Crippen LogP contribution < -0.4 is 10.6 Å². The first kappa shape index (κ1) is 22.5. The van der Waals surface area contributed by atoms with Crippen LogP contribution in [0, 0.1) is 18.6 Å². The van der Waals surface area contributed by atoms with Crippen molar-refractivity contribution in [2.75, 3.05) is 27.2 Å². The molecule has 0 aromatic heterocycles. The maximum atomic E-state index is 13.6. The maximum Gasteiger partial charge on any atom is 0.254 e. The molecule has 2 aromatic rings. The standard InChI is InChI=1S/C22H27F2N3O2/c1-15-6-8-16(9-7-15)20(27(2)3)14-26-21(28)5-4-12-25-22(29)18-11-10-17(23)13-19(18)24/h6-11,13,20H,4-5,12,14H2,1-3H3,(H,25,29)(H,26,28). The fraction of sp³-hybridized carbons (Fsp3) is 0.364. The summed E-state index contributed by atoms with van der Waals surface area (Å²) in [5.74, 6) is -2.40. The minimum atomic E-state index is -0.911. The minimum absolute atomic E-state index is 0.0562. The van der Waals surface area contributed by atoms with Crippen LogP contribution in [0.2, 0.25) is 0 Å². The summed E-state index contributed by atoms with van der Waals surface area (Å²) >= 11 is 0. The highest BCUT2D eigenvalue weighted by Crippen LogP contribution is 2.18. The van der Waals surface area contributed by atoms with Crippen molar-refractivity contribution < 1.29 is 18.4 Å². The van der Waals surface area contributed by atoms with Gasteiger partial charge in [-0.05, 0) is 45.1 Å². The Balaban J connectivity index is 1.74. The second-order valence-corrected chi connectivity index (χ2v) is 7.18. The van der Waals surface area contributed by atoms with Crippen molar-refractivity contribution in [1.29, 1.82) is 0 Å². The molecular weight excluding hydrogens is 376 g/mol. The molecule has 0 radical (unpaired) electrons. The van der Waals surface area contributed by atoms with Gasteiger partial charge in [-0.3, -0.25) is 9.59 Å². The first-order valence-electron chi connectivity index (χ1n) is 9.51. The van der Waals surface area contributed by atoms with E-state index >= 15 is 0 Å². The zero-order chi connectivity index (χ0) is 21.4. The third kappa shape index (κ3) is 6.94. The molecule has 0 saturated heterocycles. The van der Waals surface area contributed by atoms with Gasteiger partial charge in [0.2, 0.25) is 5.91 Å². The van der Waals surface area contributed by atoms with Crippen LogP contribution in [-0.4, -0.2) is 43.9 Å². The quantitative estimate of drug-likeness (QED) is 0.632. The van der Waals surface area contributed by atoms with Gasteiger partial charge in [0.25, 0.3) is 5.91 Å². The second-order valence-electron chi connectivity index (χ2n) is 7.18. The Kier molecular flexibility index (Phi) is 8.27. The highest BCUT2D eigenvalue weighted by molar-refractivity contribution is 5.94. The molecule has 5 nitrogen and oxygen atoms in total. The first-order chi connectivity index (χ1) is 13.8. The molecule has 2 rings (SSSR count). The molecule has 0 heterocycles. The number of carbonyl (C=O) groups is 2. The van der Waals surface area contributed by atoms with Crippen LogP contribution in [0.25, 0.3) is 0 Å². The van der Waals surface area contributed by atoms with E-state index in [-0.39, 0.29) is 30.5 Å². The summed E-state index contributed by atoms with van der Waals surface area (Å²) < 4.78 is 26.5. The smallest absolute Gasteiger partial charge is 0.254 e. The number of rotatable bonds is 9. The molecule has 0 aliphatic heterocycles. The van der Waals surface area contributed by atoms with Gasteiger partial charge in [-0.25, -0.2) is 8.78 Å². The van der Waals surface area contributed by atoms with E-state index in [4.69, 9.17) is 0 Å². The van der Waals surface area contributed by atoms with Crippen molar-refractivity contribution in [1.82, 2.24) is 15.5 Å². The second kappa shape index (κ2) is 10.7. The van der Waals surface area contributed by atoms with Gasteiger partial charge in [0, 0.05) is 25.6 Å². The number of nitrogens with zero attached hydrogens (tertiary/aromatic N) is 1. The summed E-state index contributed by atoms with van der Waals surface area (Å²) in [6.07, 6.45) is 0.651. The number of likely N-dealkylation sites (N-methyl/N-ethyl adjacent to an activating group) is 1. The lowest BCUT2D eigenvalue weighted by atomic mass is 10.0. The SMILES string of the molecule is Cc1ccc(C(CNC(=O)CCCNC(=O)c2ccc(F)cc2F)N(C)C)cc1. The molecule has 156 valence electrons. The number of benzene rings is 2. The molecule has 7 heteroatoms. The van der Waals surface area contributed by atoms with Crippen LogP contribution in [0.4, 0.5) is 8.78 Å². The maximum absolute atomic E-state index is 13.6. The predicted molar refractivity (Wildman–Crippen MR) is 109 cm³/mol. The van der Waals surface area contributed by atoms with Gasteiger partial charge in [-0.1, -0.05) is 29.8 Å². The van der Waals surface area contributed by atoms with Gasteiger partial charge >= 0.3 is 0 Å². The lowest BCUT2D eigenvalue weighted by molar-refractivity contribution is -0.121. The Labute approximate surface area is 170 Å². The molecule has 29 heavy (non-hydrogen) atoms. The highest BCUT2D eigenvalue weighted by atomic mass is 19.1. The Morgan fingerprint density at radius 3 is 2.34 bits per heavy atom. The molecule has 0 aliphatic carbocycles. The van der Waals surface area contributed by atoms with Crippen molar-refractivity contribution in [3.8, 4) is 0 Å². The molecule has 0 aliphatic rings. The number of aryl methyl sites for hydroxylation is 1. The number of amides is 2. The van der Waals surface area contributed by atoms with Gasteiger partial charge in [0.05, 0.1) is 11.6 Å². The molecule has 0 fully saturated rings. The van der Waals surface area contributed by atoms with Crippen LogP contribution >= 0.6 is 0 Å². The normalized spacial score (nSPS) is 11.9. The fourth-order valence-corrected chi connectivity index (χ4v) is 2.91. The van der Waals surface area contributed by atoms with E-state index in [1.54, 1.807) is 0 Å². The average molecular weight is 403 g/mol. The summed E-state index contributed by atoms with van der Waals surface area (Å²) in [6, 6.07) is 11.0.